The molecule has 0 aliphatic heterocycles. The largest absolute Gasteiger partial charge is 0.495 e. The maximum atomic E-state index is 5.79. The molecule has 6 heteroatoms. The third kappa shape index (κ3) is 2.55. The summed E-state index contributed by atoms with van der Waals surface area (Å²) in [6.45, 7) is 0. The Morgan fingerprint density at radius 3 is 2.60 bits per heavy atom. The summed E-state index contributed by atoms with van der Waals surface area (Å²) in [5.74, 6) is 1.92. The number of fused-ring (bicyclic) bond motifs is 1. The van der Waals surface area contributed by atoms with E-state index in [2.05, 4.69) is 30.9 Å². The van der Waals surface area contributed by atoms with Gasteiger partial charge in [0.2, 0.25) is 0 Å². The van der Waals surface area contributed by atoms with E-state index in [0.29, 0.717) is 28.3 Å². The van der Waals surface area contributed by atoms with Gasteiger partial charge in [0, 0.05) is 18.3 Å². The normalized spacial score (nSPS) is 10.5. The molecule has 0 saturated carbocycles. The van der Waals surface area contributed by atoms with E-state index in [0.717, 1.165) is 4.60 Å². The van der Waals surface area contributed by atoms with Crippen molar-refractivity contribution in [3.63, 3.8) is 0 Å². The van der Waals surface area contributed by atoms with Crippen molar-refractivity contribution in [3.8, 4) is 17.2 Å². The van der Waals surface area contributed by atoms with Gasteiger partial charge in [-0.05, 0) is 28.1 Å². The van der Waals surface area contributed by atoms with Crippen molar-refractivity contribution < 1.29 is 9.47 Å². The third-order valence-corrected chi connectivity index (χ3v) is 3.15. The van der Waals surface area contributed by atoms with E-state index < -0.39 is 0 Å². The standard InChI is InChI=1S/C14H10BrN3O2/c1-19-10-6-11-14(18-8-10)12(4-5-16-11)20-9-2-3-13(15)17-7-9/h2-8H,1H3. The molecule has 3 heterocycles. The second-order valence-electron chi connectivity index (χ2n) is 3.97. The highest BCUT2D eigenvalue weighted by molar-refractivity contribution is 9.10. The molecule has 0 spiro atoms. The van der Waals surface area contributed by atoms with Gasteiger partial charge in [-0.2, -0.15) is 0 Å². The van der Waals surface area contributed by atoms with Crippen LogP contribution < -0.4 is 9.47 Å². The van der Waals surface area contributed by atoms with Crippen molar-refractivity contribution in [1.82, 2.24) is 15.0 Å². The lowest BCUT2D eigenvalue weighted by atomic mass is 10.3. The second-order valence-corrected chi connectivity index (χ2v) is 4.78. The number of ether oxygens (including phenoxy) is 2. The van der Waals surface area contributed by atoms with Gasteiger partial charge < -0.3 is 9.47 Å². The smallest absolute Gasteiger partial charge is 0.156 e. The summed E-state index contributed by atoms with van der Waals surface area (Å²) in [5, 5.41) is 0. The number of hydrogen-bond acceptors (Lipinski definition) is 5. The molecule has 0 saturated heterocycles. The Morgan fingerprint density at radius 2 is 1.85 bits per heavy atom. The first-order chi connectivity index (χ1) is 9.76. The van der Waals surface area contributed by atoms with Gasteiger partial charge in [-0.3, -0.25) is 4.98 Å². The Balaban J connectivity index is 2.01. The van der Waals surface area contributed by atoms with Crippen molar-refractivity contribution in [2.45, 2.75) is 0 Å². The van der Waals surface area contributed by atoms with Gasteiger partial charge in [0.15, 0.2) is 5.75 Å². The molecule has 3 aromatic rings. The minimum absolute atomic E-state index is 0.627. The van der Waals surface area contributed by atoms with Gasteiger partial charge in [-0.25, -0.2) is 9.97 Å². The summed E-state index contributed by atoms with van der Waals surface area (Å²) in [5.41, 5.74) is 1.39. The summed E-state index contributed by atoms with van der Waals surface area (Å²) in [6.07, 6.45) is 4.95. The fraction of sp³-hybridized carbons (Fsp3) is 0.0714. The van der Waals surface area contributed by atoms with Crippen LogP contribution in [0.25, 0.3) is 11.0 Å². The molecule has 0 fully saturated rings. The van der Waals surface area contributed by atoms with Crippen molar-refractivity contribution >= 4 is 27.0 Å². The van der Waals surface area contributed by atoms with Crippen molar-refractivity contribution in [1.29, 1.82) is 0 Å². The predicted octanol–water partition coefficient (Wildman–Crippen LogP) is 3.59. The number of nitrogens with zero attached hydrogens (tertiary/aromatic N) is 3. The van der Waals surface area contributed by atoms with Crippen LogP contribution in [0.3, 0.4) is 0 Å². The summed E-state index contributed by atoms with van der Waals surface area (Å²) in [6, 6.07) is 7.22. The Hall–Kier alpha value is -2.21. The van der Waals surface area contributed by atoms with Crippen LogP contribution in [-0.4, -0.2) is 22.1 Å². The first-order valence-electron chi connectivity index (χ1n) is 5.84. The molecule has 20 heavy (non-hydrogen) atoms. The molecule has 5 nitrogen and oxygen atoms in total. The van der Waals surface area contributed by atoms with Gasteiger partial charge in [-0.15, -0.1) is 0 Å². The lowest BCUT2D eigenvalue weighted by Gasteiger charge is -2.08. The SMILES string of the molecule is COc1cnc2c(Oc3ccc(Br)nc3)ccnc2c1. The minimum atomic E-state index is 0.627. The molecule has 3 aromatic heterocycles. The molecule has 0 amide bonds. The van der Waals surface area contributed by atoms with Gasteiger partial charge in [0.25, 0.3) is 0 Å². The number of hydrogen-bond donors (Lipinski definition) is 0. The maximum absolute atomic E-state index is 5.79. The first kappa shape index (κ1) is 12.8. The van der Waals surface area contributed by atoms with E-state index in [1.807, 2.05) is 18.2 Å². The summed E-state index contributed by atoms with van der Waals surface area (Å²) >= 11 is 3.28. The lowest BCUT2D eigenvalue weighted by molar-refractivity contribution is 0.413. The van der Waals surface area contributed by atoms with Gasteiger partial charge in [-0.1, -0.05) is 0 Å². The first-order valence-corrected chi connectivity index (χ1v) is 6.64. The molecular weight excluding hydrogens is 322 g/mol. The highest BCUT2D eigenvalue weighted by Gasteiger charge is 2.07. The van der Waals surface area contributed by atoms with E-state index in [1.165, 1.54) is 0 Å². The predicted molar refractivity (Wildman–Crippen MR) is 78.1 cm³/mol. The quantitative estimate of drug-likeness (QED) is 0.686. The minimum Gasteiger partial charge on any atom is -0.495 e. The summed E-state index contributed by atoms with van der Waals surface area (Å²) in [4.78, 5) is 12.7. The van der Waals surface area contributed by atoms with Crippen molar-refractivity contribution in [3.05, 3.63) is 47.5 Å². The average Bonchev–Trinajstić information content (AvgIpc) is 2.49. The van der Waals surface area contributed by atoms with Gasteiger partial charge in [0.05, 0.1) is 25.0 Å². The summed E-state index contributed by atoms with van der Waals surface area (Å²) < 4.78 is 11.7. The zero-order chi connectivity index (χ0) is 13.9. The third-order valence-electron chi connectivity index (χ3n) is 2.68. The van der Waals surface area contributed by atoms with E-state index >= 15 is 0 Å². The number of methoxy groups -OCH3 is 1. The molecule has 3 rings (SSSR count). The van der Waals surface area contributed by atoms with E-state index in [1.54, 1.807) is 31.8 Å². The molecule has 0 bridgehead atoms. The molecular formula is C14H10BrN3O2. The highest BCUT2D eigenvalue weighted by atomic mass is 79.9. The monoisotopic (exact) mass is 331 g/mol. The average molecular weight is 332 g/mol. The van der Waals surface area contributed by atoms with Gasteiger partial charge in [0.1, 0.15) is 21.6 Å². The zero-order valence-corrected chi connectivity index (χ0v) is 12.2. The number of aromatic nitrogens is 3. The fourth-order valence-electron chi connectivity index (χ4n) is 1.73. The Bertz CT molecular complexity index is 747. The number of halogens is 1. The van der Waals surface area contributed by atoms with Crippen LogP contribution in [0.1, 0.15) is 0 Å². The second kappa shape index (κ2) is 5.42. The molecule has 0 aromatic carbocycles. The molecule has 0 N–H and O–H groups in total. The van der Waals surface area contributed by atoms with Crippen LogP contribution in [0.5, 0.6) is 17.2 Å². The molecule has 0 aliphatic rings. The molecule has 0 radical (unpaired) electrons. The Labute approximate surface area is 123 Å². The molecule has 0 aliphatic carbocycles. The fourth-order valence-corrected chi connectivity index (χ4v) is 1.97. The van der Waals surface area contributed by atoms with E-state index in [4.69, 9.17) is 9.47 Å². The maximum Gasteiger partial charge on any atom is 0.156 e. The summed E-state index contributed by atoms with van der Waals surface area (Å²) in [7, 11) is 1.59. The molecule has 0 atom stereocenters. The van der Waals surface area contributed by atoms with E-state index in [-0.39, 0.29) is 0 Å². The van der Waals surface area contributed by atoms with Crippen LogP contribution in [0.15, 0.2) is 47.5 Å². The van der Waals surface area contributed by atoms with E-state index in [9.17, 15) is 0 Å². The molecule has 0 unspecified atom stereocenters. The number of pyridine rings is 3. The lowest BCUT2D eigenvalue weighted by Crippen LogP contribution is -1.92. The molecule has 100 valence electrons. The van der Waals surface area contributed by atoms with Crippen LogP contribution in [0, 0.1) is 0 Å². The Morgan fingerprint density at radius 1 is 1.00 bits per heavy atom. The van der Waals surface area contributed by atoms with Crippen molar-refractivity contribution in [2.75, 3.05) is 7.11 Å². The van der Waals surface area contributed by atoms with Crippen molar-refractivity contribution in [2.24, 2.45) is 0 Å². The highest BCUT2D eigenvalue weighted by Crippen LogP contribution is 2.28. The zero-order valence-electron chi connectivity index (χ0n) is 10.6. The van der Waals surface area contributed by atoms with Crippen LogP contribution >= 0.6 is 15.9 Å². The van der Waals surface area contributed by atoms with Gasteiger partial charge >= 0.3 is 0 Å². The van der Waals surface area contributed by atoms with Crippen LogP contribution in [0.4, 0.5) is 0 Å². The Kier molecular flexibility index (Phi) is 3.47. The van der Waals surface area contributed by atoms with Crippen LogP contribution in [-0.2, 0) is 0 Å². The number of rotatable bonds is 3. The van der Waals surface area contributed by atoms with Crippen LogP contribution in [0.2, 0.25) is 0 Å². The topological polar surface area (TPSA) is 57.1 Å².